The average molecular weight is 546 g/mol. The largest absolute Gasteiger partial charge is 0.393 e. The van der Waals surface area contributed by atoms with Gasteiger partial charge in [-0.3, -0.25) is 9.63 Å². The van der Waals surface area contributed by atoms with Crippen molar-refractivity contribution >= 4 is 5.91 Å². The normalized spacial score (nSPS) is 43.5. The first-order valence-electron chi connectivity index (χ1n) is 16.1. The van der Waals surface area contributed by atoms with E-state index in [2.05, 4.69) is 65.8 Å². The van der Waals surface area contributed by atoms with Crippen LogP contribution in [-0.2, 0) is 16.1 Å². The van der Waals surface area contributed by atoms with Crippen molar-refractivity contribution < 1.29 is 14.7 Å². The lowest BCUT2D eigenvalue weighted by Gasteiger charge is -2.73. The van der Waals surface area contributed by atoms with E-state index in [0.29, 0.717) is 48.3 Å². The molecular formula is C36H51NO3. The van der Waals surface area contributed by atoms with E-state index in [-0.39, 0.29) is 16.7 Å². The molecular weight excluding hydrogens is 494 g/mol. The van der Waals surface area contributed by atoms with Crippen LogP contribution >= 0.6 is 0 Å². The first-order valence-corrected chi connectivity index (χ1v) is 16.1. The predicted octanol–water partition coefficient (Wildman–Crippen LogP) is 7.53. The molecule has 40 heavy (non-hydrogen) atoms. The van der Waals surface area contributed by atoms with Crippen molar-refractivity contribution in [1.29, 1.82) is 0 Å². The lowest BCUT2D eigenvalue weighted by molar-refractivity contribution is -0.386. The summed E-state index contributed by atoms with van der Waals surface area (Å²) in [7, 11) is 0. The minimum atomic E-state index is -0.586. The van der Waals surface area contributed by atoms with Crippen molar-refractivity contribution in [2.45, 2.75) is 110 Å². The molecule has 218 valence electrons. The summed E-state index contributed by atoms with van der Waals surface area (Å²) in [5.41, 5.74) is 0.0279. The summed E-state index contributed by atoms with van der Waals surface area (Å²) in [6, 6.07) is 10.0. The van der Waals surface area contributed by atoms with Gasteiger partial charge in [-0.15, -0.1) is 0 Å². The summed E-state index contributed by atoms with van der Waals surface area (Å²) in [6.45, 7) is 14.3. The Balaban J connectivity index is 1.37. The van der Waals surface area contributed by atoms with E-state index >= 15 is 0 Å². The standard InChI is InChI=1S/C36H51NO3/c1-24(2)25(3)12-13-26(4)29-14-15-30-33(29,5)18-17-31-34(6)19-16-28(38)23-35(34)20-21-36(30,31)40-37(35)32(39)22-27-10-8-7-9-11-27/h7-13,20-21,24-26,28-31,38H,14-19,22-23H2,1-6H3. The summed E-state index contributed by atoms with van der Waals surface area (Å²) < 4.78 is 0. The molecule has 6 aliphatic rings. The van der Waals surface area contributed by atoms with Crippen LogP contribution in [0.1, 0.15) is 92.1 Å². The first-order chi connectivity index (χ1) is 19.0. The zero-order valence-electron chi connectivity index (χ0n) is 25.6. The molecule has 3 saturated carbocycles. The molecule has 1 amide bonds. The Labute approximate surface area is 242 Å². The first kappa shape index (κ1) is 28.2. The summed E-state index contributed by atoms with van der Waals surface area (Å²) in [6.07, 6.45) is 16.6. The zero-order valence-corrected chi connectivity index (χ0v) is 25.6. The van der Waals surface area contributed by atoms with Crippen LogP contribution in [0.5, 0.6) is 0 Å². The van der Waals surface area contributed by atoms with Crippen LogP contribution in [-0.4, -0.2) is 33.3 Å². The molecule has 2 spiro atoms. The second-order valence-corrected chi connectivity index (χ2v) is 15.0. The third-order valence-electron chi connectivity index (χ3n) is 12.8. The van der Waals surface area contributed by atoms with Crippen molar-refractivity contribution in [1.82, 2.24) is 5.06 Å². The van der Waals surface area contributed by atoms with E-state index in [1.54, 1.807) is 5.06 Å². The van der Waals surface area contributed by atoms with Gasteiger partial charge in [0.15, 0.2) is 0 Å². The van der Waals surface area contributed by atoms with E-state index in [1.165, 1.54) is 12.8 Å². The van der Waals surface area contributed by atoms with Crippen LogP contribution in [0.2, 0.25) is 0 Å². The molecule has 0 aromatic heterocycles. The molecule has 0 radical (unpaired) electrons. The maximum Gasteiger partial charge on any atom is 0.251 e. The van der Waals surface area contributed by atoms with Gasteiger partial charge in [0, 0.05) is 23.7 Å². The van der Waals surface area contributed by atoms with Crippen molar-refractivity contribution in [2.75, 3.05) is 0 Å². The maximum absolute atomic E-state index is 14.2. The second-order valence-electron chi connectivity index (χ2n) is 15.0. The Hall–Kier alpha value is -1.91. The highest BCUT2D eigenvalue weighted by Crippen LogP contribution is 2.73. The quantitative estimate of drug-likeness (QED) is 0.376. The number of allylic oxidation sites excluding steroid dienone is 2. The molecule has 2 bridgehead atoms. The number of hydroxylamine groups is 2. The second kappa shape index (κ2) is 9.83. The topological polar surface area (TPSA) is 49.8 Å². The van der Waals surface area contributed by atoms with Gasteiger partial charge in [0.25, 0.3) is 5.91 Å². The van der Waals surface area contributed by atoms with Gasteiger partial charge in [0.1, 0.15) is 5.60 Å². The van der Waals surface area contributed by atoms with Crippen LogP contribution in [0.3, 0.4) is 0 Å². The lowest BCUT2D eigenvalue weighted by atomic mass is 9.41. The Morgan fingerprint density at radius 2 is 1.75 bits per heavy atom. The molecule has 1 aromatic carbocycles. The fraction of sp³-hybridized carbons (Fsp3) is 0.694. The van der Waals surface area contributed by atoms with E-state index in [0.717, 1.165) is 31.2 Å². The van der Waals surface area contributed by atoms with Gasteiger partial charge in [-0.1, -0.05) is 96.2 Å². The van der Waals surface area contributed by atoms with Crippen LogP contribution in [0.15, 0.2) is 54.6 Å². The Morgan fingerprint density at radius 3 is 2.48 bits per heavy atom. The molecule has 4 aliphatic carbocycles. The fourth-order valence-corrected chi connectivity index (χ4v) is 10.2. The van der Waals surface area contributed by atoms with Gasteiger partial charge >= 0.3 is 0 Å². The number of hydrogen-bond donors (Lipinski definition) is 1. The summed E-state index contributed by atoms with van der Waals surface area (Å²) in [5, 5.41) is 12.7. The number of amides is 1. The van der Waals surface area contributed by atoms with Crippen molar-refractivity contribution in [2.24, 2.45) is 46.3 Å². The summed E-state index contributed by atoms with van der Waals surface area (Å²) in [4.78, 5) is 21.3. The van der Waals surface area contributed by atoms with Crippen molar-refractivity contribution in [3.05, 3.63) is 60.2 Å². The highest BCUT2D eigenvalue weighted by Gasteiger charge is 2.75. The van der Waals surface area contributed by atoms with E-state index in [9.17, 15) is 9.90 Å². The SMILES string of the molecule is CC(C)C(C)C=CC(C)C1CCC2C1(C)CCC1C23C=CC2(CC(O)CCC12C)N(C(=O)Cc1ccccc1)O3. The fourth-order valence-electron chi connectivity index (χ4n) is 10.2. The van der Waals surface area contributed by atoms with Gasteiger partial charge in [-0.05, 0) is 73.2 Å². The van der Waals surface area contributed by atoms with E-state index < -0.39 is 17.2 Å². The van der Waals surface area contributed by atoms with E-state index in [4.69, 9.17) is 4.84 Å². The van der Waals surface area contributed by atoms with Crippen molar-refractivity contribution in [3.63, 3.8) is 0 Å². The molecule has 2 aliphatic heterocycles. The Morgan fingerprint density at radius 1 is 1.00 bits per heavy atom. The number of carbonyl (C=O) groups is 1. The molecule has 7 rings (SSSR count). The van der Waals surface area contributed by atoms with Gasteiger partial charge < -0.3 is 5.11 Å². The number of carbonyl (C=O) groups excluding carboxylic acids is 1. The molecule has 1 saturated heterocycles. The Bertz CT molecular complexity index is 1180. The minimum absolute atomic E-state index is 0.0227. The number of aliphatic hydroxyl groups is 1. The number of hydrogen-bond acceptors (Lipinski definition) is 3. The zero-order chi connectivity index (χ0) is 28.5. The van der Waals surface area contributed by atoms with Crippen LogP contribution in [0.25, 0.3) is 0 Å². The molecule has 1 N–H and O–H groups in total. The molecule has 1 aromatic rings. The number of fused-ring (bicyclic) bond motifs is 2. The lowest BCUT2D eigenvalue weighted by Crippen LogP contribution is -2.79. The minimum Gasteiger partial charge on any atom is -0.393 e. The number of aliphatic hydroxyl groups excluding tert-OH is 1. The van der Waals surface area contributed by atoms with Gasteiger partial charge in [0.2, 0.25) is 0 Å². The number of rotatable bonds is 6. The van der Waals surface area contributed by atoms with E-state index in [1.807, 2.05) is 30.3 Å². The molecule has 2 heterocycles. The third-order valence-corrected chi connectivity index (χ3v) is 12.8. The van der Waals surface area contributed by atoms with Crippen LogP contribution < -0.4 is 0 Å². The smallest absolute Gasteiger partial charge is 0.251 e. The highest BCUT2D eigenvalue weighted by molar-refractivity contribution is 5.79. The Kier molecular flexibility index (Phi) is 6.94. The molecule has 10 unspecified atom stereocenters. The third kappa shape index (κ3) is 3.95. The van der Waals surface area contributed by atoms with Crippen molar-refractivity contribution in [3.8, 4) is 0 Å². The van der Waals surface area contributed by atoms with Gasteiger partial charge in [-0.2, -0.15) is 0 Å². The highest BCUT2D eigenvalue weighted by atomic mass is 16.7. The molecule has 4 nitrogen and oxygen atoms in total. The summed E-state index contributed by atoms with van der Waals surface area (Å²) in [5.74, 6) is 3.15. The molecule has 4 heteroatoms. The summed E-state index contributed by atoms with van der Waals surface area (Å²) >= 11 is 0. The maximum atomic E-state index is 14.2. The predicted molar refractivity (Wildman–Crippen MR) is 160 cm³/mol. The molecule has 4 fully saturated rings. The number of benzene rings is 1. The van der Waals surface area contributed by atoms with Crippen LogP contribution in [0, 0.1) is 46.3 Å². The number of nitrogens with zero attached hydrogens (tertiary/aromatic N) is 1. The average Bonchev–Trinajstić information content (AvgIpc) is 3.29. The monoisotopic (exact) mass is 545 g/mol. The van der Waals surface area contributed by atoms with Gasteiger partial charge in [-0.25, -0.2) is 5.06 Å². The molecule has 10 atom stereocenters. The van der Waals surface area contributed by atoms with Gasteiger partial charge in [0.05, 0.1) is 18.1 Å². The van der Waals surface area contributed by atoms with Crippen LogP contribution in [0.4, 0.5) is 0 Å².